The average Bonchev–Trinajstić information content (AvgIpc) is 2.75. The van der Waals surface area contributed by atoms with Crippen LogP contribution in [0.5, 0.6) is 0 Å². The molecule has 1 aliphatic heterocycles. The van der Waals surface area contributed by atoms with Crippen LogP contribution in [0.15, 0.2) is 11.1 Å². The summed E-state index contributed by atoms with van der Waals surface area (Å²) in [5.41, 5.74) is 1.38. The van der Waals surface area contributed by atoms with Crippen molar-refractivity contribution < 1.29 is 0 Å². The van der Waals surface area contributed by atoms with Gasteiger partial charge in [-0.2, -0.15) is 5.10 Å². The van der Waals surface area contributed by atoms with Crippen molar-refractivity contribution in [2.75, 3.05) is 18.8 Å². The first-order chi connectivity index (χ1) is 9.36. The average molecular weight is 281 g/mol. The van der Waals surface area contributed by atoms with Crippen LogP contribution < -0.4 is 5.32 Å². The van der Waals surface area contributed by atoms with E-state index in [-0.39, 0.29) is 0 Å². The van der Waals surface area contributed by atoms with E-state index in [4.69, 9.17) is 0 Å². The fourth-order valence-corrected chi connectivity index (χ4v) is 4.07. The maximum atomic E-state index is 4.30. The lowest BCUT2D eigenvalue weighted by Gasteiger charge is -2.23. The molecule has 0 aromatic carbocycles. The number of thioether (sulfide) groups is 1. The van der Waals surface area contributed by atoms with E-state index in [1.54, 1.807) is 0 Å². The molecule has 0 bridgehead atoms. The SMILES string of the molecule is CCCCSc1cn[nH]c1C1CNCCCC1CC. The van der Waals surface area contributed by atoms with Crippen LogP contribution >= 0.6 is 11.8 Å². The minimum Gasteiger partial charge on any atom is -0.316 e. The Morgan fingerprint density at radius 2 is 2.32 bits per heavy atom. The van der Waals surface area contributed by atoms with Crippen LogP contribution in [0, 0.1) is 5.92 Å². The highest BCUT2D eigenvalue weighted by Crippen LogP contribution is 2.36. The molecule has 4 heteroatoms. The van der Waals surface area contributed by atoms with Gasteiger partial charge in [0.15, 0.2) is 0 Å². The first kappa shape index (κ1) is 14.9. The summed E-state index contributed by atoms with van der Waals surface area (Å²) in [5.74, 6) is 2.61. The van der Waals surface area contributed by atoms with Crippen molar-refractivity contribution in [2.45, 2.75) is 56.8 Å². The van der Waals surface area contributed by atoms with E-state index < -0.39 is 0 Å². The Morgan fingerprint density at radius 3 is 3.11 bits per heavy atom. The number of nitrogens with one attached hydrogen (secondary N) is 2. The highest BCUT2D eigenvalue weighted by molar-refractivity contribution is 7.99. The van der Waals surface area contributed by atoms with Crippen molar-refractivity contribution in [3.8, 4) is 0 Å². The quantitative estimate of drug-likeness (QED) is 0.615. The molecule has 0 amide bonds. The maximum Gasteiger partial charge on any atom is 0.0626 e. The first-order valence-corrected chi connectivity index (χ1v) is 8.72. The summed E-state index contributed by atoms with van der Waals surface area (Å²) in [7, 11) is 0. The third-order valence-corrected chi connectivity index (χ3v) is 5.27. The second kappa shape index (κ2) is 7.95. The molecule has 19 heavy (non-hydrogen) atoms. The molecule has 0 radical (unpaired) electrons. The van der Waals surface area contributed by atoms with E-state index in [0.717, 1.165) is 12.5 Å². The van der Waals surface area contributed by atoms with Crippen LogP contribution in [-0.2, 0) is 0 Å². The molecular weight excluding hydrogens is 254 g/mol. The van der Waals surface area contributed by atoms with Gasteiger partial charge in [-0.25, -0.2) is 0 Å². The highest BCUT2D eigenvalue weighted by Gasteiger charge is 2.27. The number of hydrogen-bond acceptors (Lipinski definition) is 3. The van der Waals surface area contributed by atoms with Crippen molar-refractivity contribution in [3.63, 3.8) is 0 Å². The van der Waals surface area contributed by atoms with E-state index in [9.17, 15) is 0 Å². The van der Waals surface area contributed by atoms with Gasteiger partial charge in [-0.1, -0.05) is 26.7 Å². The maximum absolute atomic E-state index is 4.30. The number of H-pyrrole nitrogens is 1. The standard InChI is InChI=1S/C15H27N3S/c1-3-5-9-19-14-11-17-18-15(14)13-10-16-8-6-7-12(13)4-2/h11-13,16H,3-10H2,1-2H3,(H,17,18). The smallest absolute Gasteiger partial charge is 0.0626 e. The predicted octanol–water partition coefficient (Wildman–Crippen LogP) is 3.80. The molecule has 2 N–H and O–H groups in total. The van der Waals surface area contributed by atoms with E-state index in [1.807, 2.05) is 18.0 Å². The van der Waals surface area contributed by atoms with Gasteiger partial charge in [0.2, 0.25) is 0 Å². The second-order valence-electron chi connectivity index (χ2n) is 5.47. The van der Waals surface area contributed by atoms with Crippen LogP contribution in [0.1, 0.15) is 57.6 Å². The van der Waals surface area contributed by atoms with Gasteiger partial charge in [0.25, 0.3) is 0 Å². The fraction of sp³-hybridized carbons (Fsp3) is 0.800. The Balaban J connectivity index is 2.07. The number of aromatic nitrogens is 2. The molecule has 1 aromatic rings. The largest absolute Gasteiger partial charge is 0.316 e. The van der Waals surface area contributed by atoms with Gasteiger partial charge in [-0.15, -0.1) is 11.8 Å². The summed E-state index contributed by atoms with van der Waals surface area (Å²) in [6.45, 7) is 6.84. The van der Waals surface area contributed by atoms with Crippen molar-refractivity contribution in [1.29, 1.82) is 0 Å². The molecule has 2 unspecified atom stereocenters. The second-order valence-corrected chi connectivity index (χ2v) is 6.61. The Hall–Kier alpha value is -0.480. The molecule has 108 valence electrons. The molecule has 1 aromatic heterocycles. The Kier molecular flexibility index (Phi) is 6.24. The Morgan fingerprint density at radius 1 is 1.42 bits per heavy atom. The highest BCUT2D eigenvalue weighted by atomic mass is 32.2. The summed E-state index contributed by atoms with van der Waals surface area (Å²) < 4.78 is 0. The molecule has 3 nitrogen and oxygen atoms in total. The van der Waals surface area contributed by atoms with Gasteiger partial charge in [-0.3, -0.25) is 5.10 Å². The molecule has 2 rings (SSSR count). The summed E-state index contributed by atoms with van der Waals surface area (Å²) in [5, 5.41) is 11.2. The van der Waals surface area contributed by atoms with Gasteiger partial charge < -0.3 is 5.32 Å². The summed E-state index contributed by atoms with van der Waals surface area (Å²) >= 11 is 1.97. The Labute approximate surface area is 121 Å². The zero-order valence-corrected chi connectivity index (χ0v) is 13.1. The Bertz CT molecular complexity index is 364. The molecule has 1 aliphatic rings. The summed E-state index contributed by atoms with van der Waals surface area (Å²) in [6, 6.07) is 0. The molecule has 1 saturated heterocycles. The zero-order valence-electron chi connectivity index (χ0n) is 12.2. The number of aromatic amines is 1. The van der Waals surface area contributed by atoms with E-state index in [2.05, 4.69) is 29.4 Å². The molecule has 1 fully saturated rings. The van der Waals surface area contributed by atoms with Crippen molar-refractivity contribution in [3.05, 3.63) is 11.9 Å². The minimum absolute atomic E-state index is 0.610. The van der Waals surface area contributed by atoms with Gasteiger partial charge >= 0.3 is 0 Å². The van der Waals surface area contributed by atoms with Gasteiger partial charge in [0.1, 0.15) is 0 Å². The number of unbranched alkanes of at least 4 members (excludes halogenated alkanes) is 1. The van der Waals surface area contributed by atoms with Crippen molar-refractivity contribution in [1.82, 2.24) is 15.5 Å². The number of rotatable bonds is 6. The van der Waals surface area contributed by atoms with E-state index in [0.29, 0.717) is 5.92 Å². The van der Waals surface area contributed by atoms with Gasteiger partial charge in [0, 0.05) is 17.4 Å². The van der Waals surface area contributed by atoms with Crippen LogP contribution in [0.25, 0.3) is 0 Å². The minimum atomic E-state index is 0.610. The summed E-state index contributed by atoms with van der Waals surface area (Å²) in [6.07, 6.45) is 8.49. The topological polar surface area (TPSA) is 40.7 Å². The number of hydrogen-bond donors (Lipinski definition) is 2. The van der Waals surface area contributed by atoms with Crippen molar-refractivity contribution >= 4 is 11.8 Å². The molecule has 0 saturated carbocycles. The van der Waals surface area contributed by atoms with E-state index in [1.165, 1.54) is 55.0 Å². The summed E-state index contributed by atoms with van der Waals surface area (Å²) in [4.78, 5) is 1.38. The lowest BCUT2D eigenvalue weighted by atomic mass is 9.85. The third-order valence-electron chi connectivity index (χ3n) is 4.14. The molecule has 0 aliphatic carbocycles. The lowest BCUT2D eigenvalue weighted by Crippen LogP contribution is -2.23. The van der Waals surface area contributed by atoms with Gasteiger partial charge in [-0.05, 0) is 37.5 Å². The predicted molar refractivity (Wildman–Crippen MR) is 82.8 cm³/mol. The zero-order chi connectivity index (χ0) is 13.5. The van der Waals surface area contributed by atoms with Crippen LogP contribution in [0.3, 0.4) is 0 Å². The van der Waals surface area contributed by atoms with Crippen molar-refractivity contribution in [2.24, 2.45) is 5.92 Å². The lowest BCUT2D eigenvalue weighted by molar-refractivity contribution is 0.390. The third kappa shape index (κ3) is 3.99. The number of nitrogens with zero attached hydrogens (tertiary/aromatic N) is 1. The van der Waals surface area contributed by atoms with Crippen LogP contribution in [0.4, 0.5) is 0 Å². The fourth-order valence-electron chi connectivity index (χ4n) is 2.93. The first-order valence-electron chi connectivity index (χ1n) is 7.73. The molecule has 2 heterocycles. The normalized spacial score (nSPS) is 24.3. The van der Waals surface area contributed by atoms with Crippen LogP contribution in [0.2, 0.25) is 0 Å². The monoisotopic (exact) mass is 281 g/mol. The van der Waals surface area contributed by atoms with Gasteiger partial charge in [0.05, 0.1) is 11.9 Å². The molecule has 2 atom stereocenters. The molecule has 0 spiro atoms. The molecular formula is C15H27N3S. The van der Waals surface area contributed by atoms with Crippen LogP contribution in [-0.4, -0.2) is 29.0 Å². The van der Waals surface area contributed by atoms with E-state index >= 15 is 0 Å².